The number of anilines is 1. The van der Waals surface area contributed by atoms with E-state index in [1.807, 2.05) is 4.90 Å². The zero-order valence-electron chi connectivity index (χ0n) is 17.2. The highest BCUT2D eigenvalue weighted by Gasteiger charge is 2.24. The summed E-state index contributed by atoms with van der Waals surface area (Å²) in [5, 5.41) is 9.68. The normalized spacial score (nSPS) is 20.1. The van der Waals surface area contributed by atoms with Gasteiger partial charge in [-0.25, -0.2) is 0 Å². The van der Waals surface area contributed by atoms with Crippen LogP contribution < -0.4 is 4.90 Å². The Morgan fingerprint density at radius 3 is 2.66 bits per heavy atom. The quantitative estimate of drug-likeness (QED) is 0.700. The first-order valence-corrected chi connectivity index (χ1v) is 11.4. The molecule has 156 valence electrons. The van der Waals surface area contributed by atoms with Crippen molar-refractivity contribution in [2.75, 3.05) is 50.0 Å². The highest BCUT2D eigenvalue weighted by atomic mass is 32.2. The molecule has 2 aliphatic rings. The number of nitrogens with zero attached hydrogens (tertiary/aromatic N) is 5. The van der Waals surface area contributed by atoms with Gasteiger partial charge in [0, 0.05) is 26.2 Å². The van der Waals surface area contributed by atoms with Crippen LogP contribution in [0.15, 0.2) is 29.4 Å². The summed E-state index contributed by atoms with van der Waals surface area (Å²) in [6, 6.07) is 8.35. The van der Waals surface area contributed by atoms with Crippen molar-refractivity contribution in [2.45, 2.75) is 31.8 Å². The summed E-state index contributed by atoms with van der Waals surface area (Å²) in [5.41, 5.74) is 2.22. The van der Waals surface area contributed by atoms with E-state index in [2.05, 4.69) is 57.8 Å². The van der Waals surface area contributed by atoms with E-state index in [9.17, 15) is 4.79 Å². The molecular formula is C21H29N5O2S. The number of morpholine rings is 1. The number of hydrogen-bond acceptors (Lipinski definition) is 6. The molecule has 4 rings (SSSR count). The number of rotatable bonds is 5. The summed E-state index contributed by atoms with van der Waals surface area (Å²) in [4.78, 5) is 16.9. The zero-order chi connectivity index (χ0) is 20.2. The van der Waals surface area contributed by atoms with E-state index in [1.54, 1.807) is 0 Å². The molecule has 0 spiro atoms. The van der Waals surface area contributed by atoms with Crippen LogP contribution in [-0.4, -0.2) is 70.7 Å². The van der Waals surface area contributed by atoms with Crippen molar-refractivity contribution < 1.29 is 9.53 Å². The maximum absolute atomic E-state index is 12.7. The molecule has 1 aromatic heterocycles. The Labute approximate surface area is 176 Å². The van der Waals surface area contributed by atoms with Crippen molar-refractivity contribution in [3.8, 4) is 5.69 Å². The van der Waals surface area contributed by atoms with Crippen molar-refractivity contribution >= 4 is 23.6 Å². The first-order valence-electron chi connectivity index (χ1n) is 10.4. The molecular weight excluding hydrogens is 386 g/mol. The van der Waals surface area contributed by atoms with Gasteiger partial charge in [0.2, 0.25) is 11.9 Å². The third-order valence-electron chi connectivity index (χ3n) is 5.54. The summed E-state index contributed by atoms with van der Waals surface area (Å²) in [7, 11) is 0. The zero-order valence-corrected chi connectivity index (χ0v) is 18.0. The summed E-state index contributed by atoms with van der Waals surface area (Å²) in [6.07, 6.45) is 2.31. The van der Waals surface area contributed by atoms with E-state index in [0.717, 1.165) is 49.4 Å². The smallest absolute Gasteiger partial charge is 0.233 e. The molecule has 3 heterocycles. The third-order valence-corrected chi connectivity index (χ3v) is 6.45. The van der Waals surface area contributed by atoms with Crippen molar-refractivity contribution in [3.05, 3.63) is 29.8 Å². The minimum Gasteiger partial charge on any atom is -0.378 e. The monoisotopic (exact) mass is 415 g/mol. The average molecular weight is 416 g/mol. The second-order valence-corrected chi connectivity index (χ2v) is 8.87. The van der Waals surface area contributed by atoms with Crippen LogP contribution in [-0.2, 0) is 9.53 Å². The minimum absolute atomic E-state index is 0.188. The molecule has 2 aliphatic heterocycles. The Hall–Kier alpha value is -2.06. The predicted molar refractivity (Wildman–Crippen MR) is 115 cm³/mol. The lowest BCUT2D eigenvalue weighted by molar-refractivity contribution is -0.130. The molecule has 1 atom stereocenters. The molecule has 2 aromatic rings. The molecule has 0 aliphatic carbocycles. The number of amides is 1. The van der Waals surface area contributed by atoms with Gasteiger partial charge in [-0.3, -0.25) is 9.36 Å². The van der Waals surface area contributed by atoms with Gasteiger partial charge in [0.15, 0.2) is 5.16 Å². The van der Waals surface area contributed by atoms with Gasteiger partial charge in [-0.15, -0.1) is 10.2 Å². The number of carbonyl (C=O) groups is 1. The van der Waals surface area contributed by atoms with Gasteiger partial charge < -0.3 is 14.5 Å². The topological polar surface area (TPSA) is 63.5 Å². The highest BCUT2D eigenvalue weighted by molar-refractivity contribution is 7.99. The first kappa shape index (κ1) is 20.2. The Morgan fingerprint density at radius 2 is 1.93 bits per heavy atom. The van der Waals surface area contributed by atoms with Crippen molar-refractivity contribution in [1.29, 1.82) is 0 Å². The number of thioether (sulfide) groups is 1. The van der Waals surface area contributed by atoms with Crippen LogP contribution in [0.25, 0.3) is 5.69 Å². The predicted octanol–water partition coefficient (Wildman–Crippen LogP) is 2.76. The molecule has 1 aromatic carbocycles. The molecule has 0 bridgehead atoms. The van der Waals surface area contributed by atoms with E-state index in [0.29, 0.717) is 24.9 Å². The van der Waals surface area contributed by atoms with Gasteiger partial charge in [-0.2, -0.15) is 0 Å². The standard InChI is InChI=1S/C21H29N5O2S/c1-16-5-7-18(8-6-16)26-20(24-10-12-28-13-11-24)22-23-21(26)29-15-19(27)25-9-3-4-17(2)14-25/h5-8,17H,3-4,9-15H2,1-2H3/t17-/m1/s1. The Bertz CT molecular complexity index is 832. The van der Waals surface area contributed by atoms with Gasteiger partial charge in [-0.05, 0) is 37.8 Å². The molecule has 29 heavy (non-hydrogen) atoms. The maximum Gasteiger partial charge on any atom is 0.233 e. The number of aromatic nitrogens is 3. The highest BCUT2D eigenvalue weighted by Crippen LogP contribution is 2.28. The van der Waals surface area contributed by atoms with Gasteiger partial charge in [0.05, 0.1) is 24.7 Å². The van der Waals surface area contributed by atoms with Crippen LogP contribution in [0.4, 0.5) is 5.95 Å². The van der Waals surface area contributed by atoms with E-state index in [1.165, 1.54) is 23.7 Å². The van der Waals surface area contributed by atoms with Gasteiger partial charge in [0.25, 0.3) is 0 Å². The van der Waals surface area contributed by atoms with Crippen LogP contribution >= 0.6 is 11.8 Å². The number of carbonyl (C=O) groups excluding carboxylic acids is 1. The molecule has 2 fully saturated rings. The van der Waals surface area contributed by atoms with Crippen LogP contribution in [0.2, 0.25) is 0 Å². The number of likely N-dealkylation sites (tertiary alicyclic amines) is 1. The third kappa shape index (κ3) is 4.75. The van der Waals surface area contributed by atoms with Gasteiger partial charge >= 0.3 is 0 Å². The maximum atomic E-state index is 12.7. The molecule has 0 unspecified atom stereocenters. The average Bonchev–Trinajstić information content (AvgIpc) is 3.17. The summed E-state index contributed by atoms with van der Waals surface area (Å²) in [5.74, 6) is 1.98. The largest absolute Gasteiger partial charge is 0.378 e. The number of aryl methyl sites for hydroxylation is 1. The number of piperidine rings is 1. The molecule has 0 radical (unpaired) electrons. The minimum atomic E-state index is 0.188. The fourth-order valence-electron chi connectivity index (χ4n) is 3.88. The van der Waals surface area contributed by atoms with E-state index >= 15 is 0 Å². The number of benzene rings is 1. The summed E-state index contributed by atoms with van der Waals surface area (Å²) >= 11 is 1.47. The molecule has 7 nitrogen and oxygen atoms in total. The van der Waals surface area contributed by atoms with Gasteiger partial charge in [0.1, 0.15) is 0 Å². The van der Waals surface area contributed by atoms with Crippen LogP contribution in [0.1, 0.15) is 25.3 Å². The van der Waals surface area contributed by atoms with E-state index in [4.69, 9.17) is 4.74 Å². The van der Waals surface area contributed by atoms with Crippen molar-refractivity contribution in [1.82, 2.24) is 19.7 Å². The molecule has 0 N–H and O–H groups in total. The second kappa shape index (κ2) is 9.17. The van der Waals surface area contributed by atoms with Crippen LogP contribution in [0, 0.1) is 12.8 Å². The van der Waals surface area contributed by atoms with E-state index < -0.39 is 0 Å². The first-order chi connectivity index (χ1) is 14.1. The molecule has 1 amide bonds. The summed E-state index contributed by atoms with van der Waals surface area (Å²) < 4.78 is 7.56. The fourth-order valence-corrected chi connectivity index (χ4v) is 4.73. The summed E-state index contributed by atoms with van der Waals surface area (Å²) in [6.45, 7) is 8.99. The molecule has 0 saturated carbocycles. The number of ether oxygens (including phenoxy) is 1. The molecule has 2 saturated heterocycles. The lowest BCUT2D eigenvalue weighted by Crippen LogP contribution is -2.40. The fraction of sp³-hybridized carbons (Fsp3) is 0.571. The van der Waals surface area contributed by atoms with E-state index in [-0.39, 0.29) is 5.91 Å². The lowest BCUT2D eigenvalue weighted by Gasteiger charge is -2.30. The Kier molecular flexibility index (Phi) is 6.40. The number of hydrogen-bond donors (Lipinski definition) is 0. The van der Waals surface area contributed by atoms with Crippen molar-refractivity contribution in [2.24, 2.45) is 5.92 Å². The van der Waals surface area contributed by atoms with Crippen LogP contribution in [0.5, 0.6) is 0 Å². The Balaban J connectivity index is 1.55. The van der Waals surface area contributed by atoms with Crippen molar-refractivity contribution in [3.63, 3.8) is 0 Å². The van der Waals surface area contributed by atoms with Gasteiger partial charge in [-0.1, -0.05) is 36.4 Å². The van der Waals surface area contributed by atoms with Crippen LogP contribution in [0.3, 0.4) is 0 Å². The lowest BCUT2D eigenvalue weighted by atomic mass is 10.0. The molecule has 8 heteroatoms. The Morgan fingerprint density at radius 1 is 1.17 bits per heavy atom. The SMILES string of the molecule is Cc1ccc(-n2c(SCC(=O)N3CCC[C@@H](C)C3)nnc2N2CCOCC2)cc1. The second-order valence-electron chi connectivity index (χ2n) is 7.93.